The van der Waals surface area contributed by atoms with Crippen LogP contribution < -0.4 is 10.6 Å². The van der Waals surface area contributed by atoms with Gasteiger partial charge in [0.25, 0.3) is 0 Å². The molecule has 0 fully saturated rings. The zero-order valence-electron chi connectivity index (χ0n) is 11.8. The molecule has 0 spiro atoms. The van der Waals surface area contributed by atoms with Crippen LogP contribution in [0.2, 0.25) is 5.02 Å². The van der Waals surface area contributed by atoms with Crippen LogP contribution >= 0.6 is 11.6 Å². The smallest absolute Gasteiger partial charge is 0.243 e. The fourth-order valence-electron chi connectivity index (χ4n) is 1.80. The number of rotatable bonds is 5. The number of benzene rings is 2. The number of nitrogens with one attached hydrogen (secondary N) is 2. The fraction of sp³-hybridized carbons (Fsp3) is 0.125. The first-order chi connectivity index (χ1) is 10.5. The first kappa shape index (κ1) is 16.0. The van der Waals surface area contributed by atoms with E-state index >= 15 is 0 Å². The molecule has 6 heteroatoms. The molecule has 2 N–H and O–H groups in total. The monoisotopic (exact) mass is 320 g/mol. The number of carbonyl (C=O) groups is 2. The van der Waals surface area contributed by atoms with Crippen molar-refractivity contribution in [3.8, 4) is 0 Å². The minimum atomic E-state index is -0.483. The van der Waals surface area contributed by atoms with E-state index in [0.717, 1.165) is 0 Å². The van der Waals surface area contributed by atoms with E-state index in [4.69, 9.17) is 11.6 Å². The molecule has 4 nitrogen and oxygen atoms in total. The van der Waals surface area contributed by atoms with Crippen molar-refractivity contribution in [3.05, 3.63) is 58.9 Å². The Morgan fingerprint density at radius 2 is 1.82 bits per heavy atom. The lowest BCUT2D eigenvalue weighted by atomic mass is 10.1. The van der Waals surface area contributed by atoms with E-state index in [2.05, 4.69) is 10.6 Å². The first-order valence-electron chi connectivity index (χ1n) is 6.55. The van der Waals surface area contributed by atoms with Crippen LogP contribution in [0.5, 0.6) is 0 Å². The lowest BCUT2D eigenvalue weighted by Crippen LogP contribution is -2.22. The van der Waals surface area contributed by atoms with E-state index < -0.39 is 5.82 Å². The van der Waals surface area contributed by atoms with Gasteiger partial charge in [-0.1, -0.05) is 11.6 Å². The van der Waals surface area contributed by atoms with Gasteiger partial charge in [-0.3, -0.25) is 9.59 Å². The summed E-state index contributed by atoms with van der Waals surface area (Å²) in [5, 5.41) is 5.70. The van der Waals surface area contributed by atoms with Crippen LogP contribution in [0, 0.1) is 5.82 Å². The molecule has 0 radical (unpaired) electrons. The van der Waals surface area contributed by atoms with E-state index in [1.807, 2.05) is 0 Å². The second kappa shape index (κ2) is 7.04. The number of amides is 1. The molecule has 0 saturated carbocycles. The zero-order chi connectivity index (χ0) is 16.1. The molecule has 114 valence electrons. The van der Waals surface area contributed by atoms with Gasteiger partial charge in [0.15, 0.2) is 5.78 Å². The predicted molar refractivity (Wildman–Crippen MR) is 85.0 cm³/mol. The number of hydrogen-bond acceptors (Lipinski definition) is 3. The summed E-state index contributed by atoms with van der Waals surface area (Å²) in [6.45, 7) is 1.36. The van der Waals surface area contributed by atoms with Crippen LogP contribution in [0.1, 0.15) is 17.3 Å². The second-order valence-electron chi connectivity index (χ2n) is 4.66. The molecule has 0 aromatic heterocycles. The molecule has 0 aliphatic rings. The molecule has 0 aliphatic carbocycles. The summed E-state index contributed by atoms with van der Waals surface area (Å²) in [4.78, 5) is 23.0. The number of Topliss-reactive ketones (excluding diaryl/α,β-unsaturated/α-hetero) is 1. The minimum Gasteiger partial charge on any atom is -0.374 e. The van der Waals surface area contributed by atoms with Crippen molar-refractivity contribution in [2.45, 2.75) is 6.92 Å². The van der Waals surface area contributed by atoms with Crippen LogP contribution in [0.15, 0.2) is 42.5 Å². The van der Waals surface area contributed by atoms with E-state index in [0.29, 0.717) is 16.3 Å². The molecule has 22 heavy (non-hydrogen) atoms. The number of ketones is 1. The maximum atomic E-state index is 13.5. The molecule has 2 aromatic carbocycles. The molecule has 0 heterocycles. The Morgan fingerprint density at radius 3 is 2.45 bits per heavy atom. The summed E-state index contributed by atoms with van der Waals surface area (Å²) in [6.07, 6.45) is 0. The SMILES string of the molecule is CC(=O)c1ccc(NC(=O)CNc2cc(Cl)ccc2F)cc1. The standard InChI is InChI=1S/C16H14ClFN2O2/c1-10(21)11-2-5-13(6-3-11)20-16(22)9-19-15-8-12(17)4-7-14(15)18/h2-8,19H,9H2,1H3,(H,20,22). The van der Waals surface area contributed by atoms with Gasteiger partial charge in [0.1, 0.15) is 5.82 Å². The summed E-state index contributed by atoms with van der Waals surface area (Å²) in [7, 11) is 0. The Kier molecular flexibility index (Phi) is 5.12. The van der Waals surface area contributed by atoms with Gasteiger partial charge in [0.2, 0.25) is 5.91 Å². The molecule has 1 amide bonds. The number of halogens is 2. The lowest BCUT2D eigenvalue weighted by Gasteiger charge is -2.09. The van der Waals surface area contributed by atoms with Gasteiger partial charge in [-0.15, -0.1) is 0 Å². The fourth-order valence-corrected chi connectivity index (χ4v) is 1.97. The van der Waals surface area contributed by atoms with Gasteiger partial charge < -0.3 is 10.6 Å². The third kappa shape index (κ3) is 4.30. The van der Waals surface area contributed by atoms with Crippen molar-refractivity contribution in [1.82, 2.24) is 0 Å². The molecule has 0 atom stereocenters. The zero-order valence-corrected chi connectivity index (χ0v) is 12.6. The number of hydrogen-bond donors (Lipinski definition) is 2. The van der Waals surface area contributed by atoms with Crippen molar-refractivity contribution < 1.29 is 14.0 Å². The van der Waals surface area contributed by atoms with E-state index in [1.165, 1.54) is 25.1 Å². The van der Waals surface area contributed by atoms with Crippen molar-refractivity contribution in [2.75, 3.05) is 17.2 Å². The van der Waals surface area contributed by atoms with E-state index in [-0.39, 0.29) is 23.9 Å². The Balaban J connectivity index is 1.92. The molecule has 2 rings (SSSR count). The van der Waals surface area contributed by atoms with Crippen molar-refractivity contribution >= 4 is 34.7 Å². The third-order valence-electron chi connectivity index (χ3n) is 2.94. The second-order valence-corrected chi connectivity index (χ2v) is 5.10. The highest BCUT2D eigenvalue weighted by atomic mass is 35.5. The largest absolute Gasteiger partial charge is 0.374 e. The van der Waals surface area contributed by atoms with Crippen molar-refractivity contribution in [2.24, 2.45) is 0 Å². The van der Waals surface area contributed by atoms with Crippen LogP contribution in [-0.4, -0.2) is 18.2 Å². The summed E-state index contributed by atoms with van der Waals surface area (Å²) in [5.74, 6) is -0.867. The maximum Gasteiger partial charge on any atom is 0.243 e. The average molecular weight is 321 g/mol. The summed E-state index contributed by atoms with van der Waals surface area (Å²) in [6, 6.07) is 10.6. The van der Waals surface area contributed by atoms with Gasteiger partial charge >= 0.3 is 0 Å². The van der Waals surface area contributed by atoms with Crippen LogP contribution in [-0.2, 0) is 4.79 Å². The Morgan fingerprint density at radius 1 is 1.14 bits per heavy atom. The third-order valence-corrected chi connectivity index (χ3v) is 3.18. The van der Waals surface area contributed by atoms with Crippen LogP contribution in [0.25, 0.3) is 0 Å². The maximum absolute atomic E-state index is 13.5. The average Bonchev–Trinajstić information content (AvgIpc) is 2.49. The number of carbonyl (C=O) groups excluding carboxylic acids is 2. The summed E-state index contributed by atoms with van der Waals surface area (Å²) in [5.41, 5.74) is 1.29. The van der Waals surface area contributed by atoms with Crippen molar-refractivity contribution in [3.63, 3.8) is 0 Å². The predicted octanol–water partition coefficient (Wildman–Crippen LogP) is 3.73. The molecular weight excluding hydrogens is 307 g/mol. The van der Waals surface area contributed by atoms with Gasteiger partial charge in [0, 0.05) is 16.3 Å². The highest BCUT2D eigenvalue weighted by Gasteiger charge is 2.07. The van der Waals surface area contributed by atoms with Crippen LogP contribution in [0.4, 0.5) is 15.8 Å². The van der Waals surface area contributed by atoms with Crippen LogP contribution in [0.3, 0.4) is 0 Å². The van der Waals surface area contributed by atoms with Gasteiger partial charge in [-0.2, -0.15) is 0 Å². The van der Waals surface area contributed by atoms with Gasteiger partial charge in [-0.05, 0) is 49.4 Å². The summed E-state index contributed by atoms with van der Waals surface area (Å²) >= 11 is 5.77. The highest BCUT2D eigenvalue weighted by molar-refractivity contribution is 6.30. The Labute approximate surface area is 132 Å². The molecule has 0 bridgehead atoms. The lowest BCUT2D eigenvalue weighted by molar-refractivity contribution is -0.114. The van der Waals surface area contributed by atoms with E-state index in [9.17, 15) is 14.0 Å². The normalized spacial score (nSPS) is 10.1. The molecule has 2 aromatic rings. The quantitative estimate of drug-likeness (QED) is 0.825. The molecule has 0 unspecified atom stereocenters. The highest BCUT2D eigenvalue weighted by Crippen LogP contribution is 2.19. The minimum absolute atomic E-state index is 0.0454. The Bertz CT molecular complexity index is 702. The van der Waals surface area contributed by atoms with Gasteiger partial charge in [0.05, 0.1) is 12.2 Å². The van der Waals surface area contributed by atoms with Crippen molar-refractivity contribution in [1.29, 1.82) is 0 Å². The topological polar surface area (TPSA) is 58.2 Å². The molecule has 0 saturated heterocycles. The Hall–Kier alpha value is -2.40. The van der Waals surface area contributed by atoms with E-state index in [1.54, 1.807) is 24.3 Å². The molecule has 0 aliphatic heterocycles. The first-order valence-corrected chi connectivity index (χ1v) is 6.93. The number of anilines is 2. The summed E-state index contributed by atoms with van der Waals surface area (Å²) < 4.78 is 13.5. The molecular formula is C16H14ClFN2O2. The van der Waals surface area contributed by atoms with Gasteiger partial charge in [-0.25, -0.2) is 4.39 Å².